The number of nitrogens with zero attached hydrogens (tertiary/aromatic N) is 4. The minimum Gasteiger partial charge on any atom is -0.264 e. The molecule has 2 heterocycles. The smallest absolute Gasteiger partial charge is 0.239 e. The molecule has 28 heavy (non-hydrogen) atoms. The van der Waals surface area contributed by atoms with Crippen molar-refractivity contribution in [3.63, 3.8) is 0 Å². The van der Waals surface area contributed by atoms with Crippen molar-refractivity contribution in [1.82, 2.24) is 14.8 Å². The predicted molar refractivity (Wildman–Crippen MR) is 109 cm³/mol. The number of hydrazone groups is 1. The van der Waals surface area contributed by atoms with Gasteiger partial charge in [-0.3, -0.25) is 10.1 Å². The highest BCUT2D eigenvalue weighted by atomic mass is 35.5. The number of primary sulfonamides is 1. The zero-order chi connectivity index (χ0) is 20.3. The largest absolute Gasteiger partial charge is 0.264 e. The molecular weight excluding hydrogens is 400 g/mol. The summed E-state index contributed by atoms with van der Waals surface area (Å²) in [6.45, 7) is 4.41. The van der Waals surface area contributed by atoms with Crippen molar-refractivity contribution in [1.29, 1.82) is 0 Å². The summed E-state index contributed by atoms with van der Waals surface area (Å²) in [6, 6.07) is 10.5. The number of nitrogens with one attached hydrogen (secondary N) is 1. The summed E-state index contributed by atoms with van der Waals surface area (Å²) in [5, 5.41) is 14.5. The van der Waals surface area contributed by atoms with Gasteiger partial charge in [-0.25, -0.2) is 18.5 Å². The summed E-state index contributed by atoms with van der Waals surface area (Å²) in [5.41, 5.74) is 6.39. The van der Waals surface area contributed by atoms with Gasteiger partial charge in [0.15, 0.2) is 0 Å². The molecule has 0 spiro atoms. The number of aromatic nitrogens is 3. The topological polar surface area (TPSA) is 115 Å². The lowest BCUT2D eigenvalue weighted by atomic mass is 10.2. The molecule has 0 unspecified atom stereocenters. The average Bonchev–Trinajstić information content (AvgIpc) is 2.91. The monoisotopic (exact) mass is 418 g/mol. The van der Waals surface area contributed by atoms with Crippen LogP contribution in [0.25, 0.3) is 0 Å². The average molecular weight is 419 g/mol. The fourth-order valence-electron chi connectivity index (χ4n) is 2.62. The SMILES string of the molecule is Cc1nn(Cc2ccccc2Cl)c(C)c1/C=N/Nc1ccc(S(N)(=O)=O)cn1. The molecule has 0 saturated heterocycles. The normalized spacial score (nSPS) is 11.9. The number of halogens is 1. The molecule has 3 N–H and O–H groups in total. The second kappa shape index (κ2) is 8.09. The molecule has 0 atom stereocenters. The van der Waals surface area contributed by atoms with Crippen molar-refractivity contribution in [2.45, 2.75) is 25.3 Å². The summed E-state index contributed by atoms with van der Waals surface area (Å²) < 4.78 is 24.4. The Bertz CT molecular complexity index is 1120. The first-order valence-corrected chi connectivity index (χ1v) is 10.2. The Balaban J connectivity index is 1.74. The fourth-order valence-corrected chi connectivity index (χ4v) is 3.27. The summed E-state index contributed by atoms with van der Waals surface area (Å²) in [4.78, 5) is 3.91. The van der Waals surface area contributed by atoms with E-state index in [-0.39, 0.29) is 4.90 Å². The highest BCUT2D eigenvalue weighted by Gasteiger charge is 2.11. The molecule has 0 aliphatic carbocycles. The van der Waals surface area contributed by atoms with Crippen molar-refractivity contribution in [3.8, 4) is 0 Å². The molecule has 0 saturated carbocycles. The van der Waals surface area contributed by atoms with E-state index in [9.17, 15) is 8.42 Å². The van der Waals surface area contributed by atoms with E-state index in [4.69, 9.17) is 16.7 Å². The van der Waals surface area contributed by atoms with Crippen molar-refractivity contribution in [2.75, 3.05) is 5.43 Å². The van der Waals surface area contributed by atoms with E-state index in [0.717, 1.165) is 22.5 Å². The van der Waals surface area contributed by atoms with Crippen molar-refractivity contribution < 1.29 is 8.42 Å². The molecule has 0 amide bonds. The predicted octanol–water partition coefficient (Wildman–Crippen LogP) is 2.69. The maximum absolute atomic E-state index is 11.2. The molecule has 10 heteroatoms. The number of rotatable bonds is 6. The standard InChI is InChI=1S/C18H19ClN6O2S/c1-12-16(10-22-23-18-8-7-15(9-21-18)28(20,26)27)13(2)25(24-12)11-14-5-3-4-6-17(14)19/h3-10H,11H2,1-2H3,(H,21,23)(H2,20,26,27)/b22-10+. The number of aryl methyl sites for hydroxylation is 1. The van der Waals surface area contributed by atoms with Crippen LogP contribution in [0.1, 0.15) is 22.5 Å². The molecule has 1 aromatic carbocycles. The number of anilines is 1. The van der Waals surface area contributed by atoms with Crippen molar-refractivity contribution >= 4 is 33.7 Å². The Morgan fingerprint density at radius 1 is 1.25 bits per heavy atom. The van der Waals surface area contributed by atoms with Crippen LogP contribution in [0.5, 0.6) is 0 Å². The molecule has 0 radical (unpaired) electrons. The Morgan fingerprint density at radius 3 is 2.64 bits per heavy atom. The van der Waals surface area contributed by atoms with Gasteiger partial charge in [0.2, 0.25) is 10.0 Å². The maximum atomic E-state index is 11.2. The highest BCUT2D eigenvalue weighted by molar-refractivity contribution is 7.89. The van der Waals surface area contributed by atoms with E-state index in [1.165, 1.54) is 18.3 Å². The van der Waals surface area contributed by atoms with Gasteiger partial charge < -0.3 is 0 Å². The summed E-state index contributed by atoms with van der Waals surface area (Å²) >= 11 is 6.23. The van der Waals surface area contributed by atoms with Crippen LogP contribution in [0.15, 0.2) is 52.6 Å². The highest BCUT2D eigenvalue weighted by Crippen LogP contribution is 2.19. The van der Waals surface area contributed by atoms with E-state index >= 15 is 0 Å². The van der Waals surface area contributed by atoms with Gasteiger partial charge in [0.05, 0.1) is 18.5 Å². The zero-order valence-electron chi connectivity index (χ0n) is 15.3. The van der Waals surface area contributed by atoms with Gasteiger partial charge in [0.25, 0.3) is 0 Å². The number of pyridine rings is 1. The van der Waals surface area contributed by atoms with E-state index < -0.39 is 10.0 Å². The Hall–Kier alpha value is -2.75. The van der Waals surface area contributed by atoms with Crippen LogP contribution in [0.3, 0.4) is 0 Å². The molecule has 0 aliphatic heterocycles. The summed E-state index contributed by atoms with van der Waals surface area (Å²) in [5.74, 6) is 0.391. The third-order valence-electron chi connectivity index (χ3n) is 4.15. The molecule has 0 fully saturated rings. The van der Waals surface area contributed by atoms with Gasteiger partial charge in [0.1, 0.15) is 10.7 Å². The Kier molecular flexibility index (Phi) is 5.78. The lowest BCUT2D eigenvalue weighted by Gasteiger charge is -2.06. The van der Waals surface area contributed by atoms with Crippen LogP contribution >= 0.6 is 11.6 Å². The molecule has 3 aromatic rings. The minimum atomic E-state index is -3.77. The van der Waals surface area contributed by atoms with Crippen LogP contribution in [-0.4, -0.2) is 29.4 Å². The summed E-state index contributed by atoms with van der Waals surface area (Å²) in [7, 11) is -3.77. The molecular formula is C18H19ClN6O2S. The zero-order valence-corrected chi connectivity index (χ0v) is 16.9. The van der Waals surface area contributed by atoms with Gasteiger partial charge in [-0.2, -0.15) is 10.2 Å². The number of hydrogen-bond donors (Lipinski definition) is 2. The number of benzene rings is 1. The first kappa shape index (κ1) is 20.0. The van der Waals surface area contributed by atoms with Gasteiger partial charge in [0, 0.05) is 22.5 Å². The van der Waals surface area contributed by atoms with Crippen molar-refractivity contribution in [2.24, 2.45) is 10.2 Å². The van der Waals surface area contributed by atoms with E-state index in [1.807, 2.05) is 42.8 Å². The third-order valence-corrected chi connectivity index (χ3v) is 5.42. The second-order valence-electron chi connectivity index (χ2n) is 6.13. The first-order valence-electron chi connectivity index (χ1n) is 8.31. The van der Waals surface area contributed by atoms with E-state index in [0.29, 0.717) is 17.4 Å². The minimum absolute atomic E-state index is 0.0606. The third kappa shape index (κ3) is 4.56. The van der Waals surface area contributed by atoms with Crippen LogP contribution in [-0.2, 0) is 16.6 Å². The lowest BCUT2D eigenvalue weighted by Crippen LogP contribution is -2.12. The fraction of sp³-hybridized carbons (Fsp3) is 0.167. The van der Waals surface area contributed by atoms with Gasteiger partial charge in [-0.15, -0.1) is 0 Å². The Morgan fingerprint density at radius 2 is 2.00 bits per heavy atom. The van der Waals surface area contributed by atoms with Gasteiger partial charge in [-0.1, -0.05) is 29.8 Å². The van der Waals surface area contributed by atoms with Crippen molar-refractivity contribution in [3.05, 3.63) is 70.1 Å². The number of hydrogen-bond acceptors (Lipinski definition) is 6. The second-order valence-corrected chi connectivity index (χ2v) is 8.10. The number of sulfonamides is 1. The van der Waals surface area contributed by atoms with E-state index in [1.54, 1.807) is 6.21 Å². The molecule has 3 rings (SSSR count). The molecule has 2 aromatic heterocycles. The van der Waals surface area contributed by atoms with Gasteiger partial charge in [-0.05, 0) is 37.6 Å². The summed E-state index contributed by atoms with van der Waals surface area (Å²) in [6.07, 6.45) is 2.82. The van der Waals surface area contributed by atoms with Crippen LogP contribution in [0.2, 0.25) is 5.02 Å². The molecule has 8 nitrogen and oxygen atoms in total. The van der Waals surface area contributed by atoms with E-state index in [2.05, 4.69) is 20.6 Å². The van der Waals surface area contributed by atoms with Crippen LogP contribution < -0.4 is 10.6 Å². The molecule has 146 valence electrons. The van der Waals surface area contributed by atoms with Gasteiger partial charge >= 0.3 is 0 Å². The van der Waals surface area contributed by atoms with Crippen LogP contribution in [0.4, 0.5) is 5.82 Å². The molecule has 0 bridgehead atoms. The van der Waals surface area contributed by atoms with Crippen LogP contribution in [0, 0.1) is 13.8 Å². The molecule has 0 aliphatic rings. The quantitative estimate of drug-likeness (QED) is 0.471. The maximum Gasteiger partial charge on any atom is 0.239 e. The first-order chi connectivity index (χ1) is 13.3. The number of nitrogens with two attached hydrogens (primary N) is 1. The Labute approximate surface area is 168 Å². The lowest BCUT2D eigenvalue weighted by molar-refractivity contribution is 0.597.